The van der Waals surface area contributed by atoms with Gasteiger partial charge in [0.1, 0.15) is 0 Å². The quantitative estimate of drug-likeness (QED) is 0.664. The van der Waals surface area contributed by atoms with E-state index in [0.29, 0.717) is 13.0 Å². The van der Waals surface area contributed by atoms with Gasteiger partial charge >= 0.3 is 0 Å². The van der Waals surface area contributed by atoms with Crippen LogP contribution in [-0.2, 0) is 6.42 Å². The summed E-state index contributed by atoms with van der Waals surface area (Å²) in [5, 5.41) is 12.8. The molecule has 1 heterocycles. The lowest BCUT2D eigenvalue weighted by molar-refractivity contribution is 0.172. The molecule has 0 aliphatic carbocycles. The second-order valence-corrected chi connectivity index (χ2v) is 3.42. The van der Waals surface area contributed by atoms with Crippen LogP contribution < -0.4 is 5.32 Å². The number of nitrogens with one attached hydrogen (secondary N) is 1. The Morgan fingerprint density at radius 2 is 2.14 bits per heavy atom. The summed E-state index contributed by atoms with van der Waals surface area (Å²) in [5.74, 6) is 0. The predicted molar refractivity (Wildman–Crippen MR) is 57.1 cm³/mol. The monoisotopic (exact) mass is 194 g/mol. The summed E-state index contributed by atoms with van der Waals surface area (Å²) in [6.07, 6.45) is 4.99. The molecule has 3 nitrogen and oxygen atoms in total. The fraction of sp³-hybridized carbons (Fsp3) is 0.545. The van der Waals surface area contributed by atoms with E-state index in [4.69, 9.17) is 0 Å². The molecule has 1 unspecified atom stereocenters. The molecule has 0 saturated carbocycles. The summed E-state index contributed by atoms with van der Waals surface area (Å²) in [6, 6.07) is 3.87. The number of rotatable bonds is 6. The molecule has 0 aliphatic heterocycles. The lowest BCUT2D eigenvalue weighted by atomic mass is 10.1. The maximum absolute atomic E-state index is 9.65. The molecule has 1 aromatic rings. The minimum absolute atomic E-state index is 0.302. The van der Waals surface area contributed by atoms with Gasteiger partial charge in [0.2, 0.25) is 0 Å². The molecule has 1 rings (SSSR count). The van der Waals surface area contributed by atoms with Gasteiger partial charge in [0, 0.05) is 18.9 Å². The Morgan fingerprint density at radius 1 is 1.43 bits per heavy atom. The maximum Gasteiger partial charge on any atom is 0.0704 e. The standard InChI is InChI=1S/C11H18N2O/c1-2-5-13-9-11(14)8-10-3-6-12-7-4-10/h3-4,6-7,11,13-14H,2,5,8-9H2,1H3. The van der Waals surface area contributed by atoms with Crippen LogP contribution in [0.3, 0.4) is 0 Å². The highest BCUT2D eigenvalue weighted by molar-refractivity contribution is 5.10. The molecule has 0 radical (unpaired) electrons. The minimum Gasteiger partial charge on any atom is -0.391 e. The van der Waals surface area contributed by atoms with Crippen molar-refractivity contribution in [1.29, 1.82) is 0 Å². The first-order valence-corrected chi connectivity index (χ1v) is 5.10. The predicted octanol–water partition coefficient (Wildman–Crippen LogP) is 0.985. The summed E-state index contributed by atoms with van der Waals surface area (Å²) < 4.78 is 0. The van der Waals surface area contributed by atoms with E-state index in [-0.39, 0.29) is 6.10 Å². The van der Waals surface area contributed by atoms with Crippen LogP contribution in [-0.4, -0.2) is 29.3 Å². The zero-order valence-corrected chi connectivity index (χ0v) is 8.61. The lowest BCUT2D eigenvalue weighted by Gasteiger charge is -2.10. The molecule has 0 aliphatic rings. The fourth-order valence-corrected chi connectivity index (χ4v) is 1.31. The molecule has 78 valence electrons. The highest BCUT2D eigenvalue weighted by Gasteiger charge is 2.03. The molecule has 1 atom stereocenters. The van der Waals surface area contributed by atoms with Crippen molar-refractivity contribution >= 4 is 0 Å². The summed E-state index contributed by atoms with van der Waals surface area (Å²) in [7, 11) is 0. The molecule has 2 N–H and O–H groups in total. The normalized spacial score (nSPS) is 12.7. The third-order valence-corrected chi connectivity index (χ3v) is 2.03. The van der Waals surface area contributed by atoms with Crippen molar-refractivity contribution in [2.45, 2.75) is 25.9 Å². The molecule has 0 aromatic carbocycles. The van der Waals surface area contributed by atoms with Crippen molar-refractivity contribution in [3.63, 3.8) is 0 Å². The molecule has 0 spiro atoms. The molecule has 0 saturated heterocycles. The Kier molecular flexibility index (Phi) is 5.19. The van der Waals surface area contributed by atoms with Gasteiger partial charge in [-0.15, -0.1) is 0 Å². The molecular formula is C11H18N2O. The van der Waals surface area contributed by atoms with Crippen molar-refractivity contribution in [3.05, 3.63) is 30.1 Å². The van der Waals surface area contributed by atoms with E-state index < -0.39 is 0 Å². The van der Waals surface area contributed by atoms with Crippen LogP contribution in [0.2, 0.25) is 0 Å². The summed E-state index contributed by atoms with van der Waals surface area (Å²) in [4.78, 5) is 3.93. The number of pyridine rings is 1. The van der Waals surface area contributed by atoms with E-state index in [0.717, 1.165) is 18.5 Å². The second-order valence-electron chi connectivity index (χ2n) is 3.42. The SMILES string of the molecule is CCCNCC(O)Cc1ccncc1. The van der Waals surface area contributed by atoms with Crippen LogP contribution in [0.25, 0.3) is 0 Å². The summed E-state index contributed by atoms with van der Waals surface area (Å²) in [5.41, 5.74) is 1.13. The molecular weight excluding hydrogens is 176 g/mol. The van der Waals surface area contributed by atoms with Gasteiger partial charge in [0.15, 0.2) is 0 Å². The topological polar surface area (TPSA) is 45.1 Å². The fourth-order valence-electron chi connectivity index (χ4n) is 1.31. The first-order valence-electron chi connectivity index (χ1n) is 5.10. The average Bonchev–Trinajstić information content (AvgIpc) is 2.20. The third-order valence-electron chi connectivity index (χ3n) is 2.03. The zero-order valence-electron chi connectivity index (χ0n) is 8.61. The van der Waals surface area contributed by atoms with Crippen molar-refractivity contribution < 1.29 is 5.11 Å². The molecule has 1 aromatic heterocycles. The highest BCUT2D eigenvalue weighted by atomic mass is 16.3. The number of nitrogens with zero attached hydrogens (tertiary/aromatic N) is 1. The third kappa shape index (κ3) is 4.35. The van der Waals surface area contributed by atoms with E-state index >= 15 is 0 Å². The van der Waals surface area contributed by atoms with E-state index in [1.54, 1.807) is 12.4 Å². The summed E-state index contributed by atoms with van der Waals surface area (Å²) in [6.45, 7) is 3.74. The Morgan fingerprint density at radius 3 is 2.79 bits per heavy atom. The second kappa shape index (κ2) is 6.51. The van der Waals surface area contributed by atoms with Crippen LogP contribution >= 0.6 is 0 Å². The summed E-state index contributed by atoms with van der Waals surface area (Å²) >= 11 is 0. The zero-order chi connectivity index (χ0) is 10.2. The molecule has 0 bridgehead atoms. The highest BCUT2D eigenvalue weighted by Crippen LogP contribution is 2.00. The van der Waals surface area contributed by atoms with Crippen LogP contribution in [0.15, 0.2) is 24.5 Å². The first-order chi connectivity index (χ1) is 6.83. The van der Waals surface area contributed by atoms with Crippen molar-refractivity contribution in [3.8, 4) is 0 Å². The van der Waals surface area contributed by atoms with Crippen molar-refractivity contribution in [2.75, 3.05) is 13.1 Å². The van der Waals surface area contributed by atoms with Crippen molar-refractivity contribution in [1.82, 2.24) is 10.3 Å². The van der Waals surface area contributed by atoms with Gasteiger partial charge in [-0.05, 0) is 37.1 Å². The van der Waals surface area contributed by atoms with Crippen LogP contribution in [0.1, 0.15) is 18.9 Å². The van der Waals surface area contributed by atoms with Crippen LogP contribution in [0.4, 0.5) is 0 Å². The van der Waals surface area contributed by atoms with Gasteiger partial charge in [-0.25, -0.2) is 0 Å². The maximum atomic E-state index is 9.65. The van der Waals surface area contributed by atoms with Gasteiger partial charge in [-0.2, -0.15) is 0 Å². The van der Waals surface area contributed by atoms with E-state index in [1.807, 2.05) is 12.1 Å². The number of aliphatic hydroxyl groups is 1. The van der Waals surface area contributed by atoms with Crippen LogP contribution in [0, 0.1) is 0 Å². The molecule has 0 fully saturated rings. The van der Waals surface area contributed by atoms with E-state index in [9.17, 15) is 5.11 Å². The number of hydrogen-bond acceptors (Lipinski definition) is 3. The molecule has 3 heteroatoms. The lowest BCUT2D eigenvalue weighted by Crippen LogP contribution is -2.28. The Balaban J connectivity index is 2.23. The average molecular weight is 194 g/mol. The van der Waals surface area contributed by atoms with Gasteiger partial charge in [0.05, 0.1) is 6.10 Å². The number of aromatic nitrogens is 1. The van der Waals surface area contributed by atoms with E-state index in [1.165, 1.54) is 0 Å². The largest absolute Gasteiger partial charge is 0.391 e. The first kappa shape index (κ1) is 11.1. The Bertz CT molecular complexity index is 238. The van der Waals surface area contributed by atoms with Gasteiger partial charge < -0.3 is 10.4 Å². The molecule has 0 amide bonds. The Labute approximate surface area is 85.2 Å². The number of hydrogen-bond donors (Lipinski definition) is 2. The van der Waals surface area contributed by atoms with Crippen molar-refractivity contribution in [2.24, 2.45) is 0 Å². The van der Waals surface area contributed by atoms with Gasteiger partial charge in [0.25, 0.3) is 0 Å². The van der Waals surface area contributed by atoms with Gasteiger partial charge in [-0.1, -0.05) is 6.92 Å². The smallest absolute Gasteiger partial charge is 0.0704 e. The molecule has 14 heavy (non-hydrogen) atoms. The van der Waals surface area contributed by atoms with Crippen LogP contribution in [0.5, 0.6) is 0 Å². The number of aliphatic hydroxyl groups excluding tert-OH is 1. The minimum atomic E-state index is -0.302. The Hall–Kier alpha value is -0.930. The van der Waals surface area contributed by atoms with E-state index in [2.05, 4.69) is 17.2 Å². The van der Waals surface area contributed by atoms with Gasteiger partial charge in [-0.3, -0.25) is 4.98 Å².